The van der Waals surface area contributed by atoms with Gasteiger partial charge < -0.3 is 9.80 Å². The van der Waals surface area contributed by atoms with E-state index in [2.05, 4.69) is 10.2 Å². The molecule has 4 rings (SSSR count). The lowest BCUT2D eigenvalue weighted by Gasteiger charge is -2.32. The predicted molar refractivity (Wildman–Crippen MR) is 107 cm³/mol. The number of halogens is 2. The first-order chi connectivity index (χ1) is 14.3. The van der Waals surface area contributed by atoms with Crippen molar-refractivity contribution in [1.82, 2.24) is 20.0 Å². The number of hydrogen-bond donors (Lipinski definition) is 1. The van der Waals surface area contributed by atoms with Crippen LogP contribution in [0.25, 0.3) is 0 Å². The van der Waals surface area contributed by atoms with Gasteiger partial charge in [-0.15, -0.1) is 0 Å². The fourth-order valence-electron chi connectivity index (χ4n) is 4.49. The average Bonchev–Trinajstić information content (AvgIpc) is 3.32. The van der Waals surface area contributed by atoms with Crippen molar-refractivity contribution in [3.05, 3.63) is 51.8 Å². The maximum absolute atomic E-state index is 13.9. The average molecular weight is 416 g/mol. The highest BCUT2D eigenvalue weighted by molar-refractivity contribution is 5.94. The molecule has 0 aliphatic carbocycles. The number of H-pyrrole nitrogens is 1. The molecule has 30 heavy (non-hydrogen) atoms. The molecular formula is C22H26F2N4O2. The topological polar surface area (TPSA) is 69.3 Å². The molecule has 1 N–H and O–H groups in total. The van der Waals surface area contributed by atoms with Gasteiger partial charge in [-0.25, -0.2) is 8.78 Å². The molecule has 0 atom stereocenters. The van der Waals surface area contributed by atoms with Crippen LogP contribution in [0.5, 0.6) is 0 Å². The summed E-state index contributed by atoms with van der Waals surface area (Å²) in [5.74, 6) is -1.72. The van der Waals surface area contributed by atoms with Crippen LogP contribution in [0.2, 0.25) is 0 Å². The molecule has 2 aliphatic heterocycles. The van der Waals surface area contributed by atoms with Crippen LogP contribution in [0.15, 0.2) is 12.1 Å². The summed E-state index contributed by atoms with van der Waals surface area (Å²) in [5, 5.41) is 7.13. The number of hydrogen-bond acceptors (Lipinski definition) is 3. The van der Waals surface area contributed by atoms with Gasteiger partial charge in [0.2, 0.25) is 5.91 Å². The van der Waals surface area contributed by atoms with Gasteiger partial charge in [0, 0.05) is 24.6 Å². The van der Waals surface area contributed by atoms with Crippen LogP contribution in [0.1, 0.15) is 65.5 Å². The highest BCUT2D eigenvalue weighted by Gasteiger charge is 2.34. The van der Waals surface area contributed by atoms with Crippen LogP contribution in [-0.2, 0) is 17.9 Å². The lowest BCUT2D eigenvalue weighted by molar-refractivity contribution is -0.135. The Hall–Kier alpha value is -2.77. The first-order valence-electron chi connectivity index (χ1n) is 10.4. The number of fused-ring (bicyclic) bond motifs is 1. The summed E-state index contributed by atoms with van der Waals surface area (Å²) in [5.41, 5.74) is 3.16. The van der Waals surface area contributed by atoms with Crippen molar-refractivity contribution < 1.29 is 18.4 Å². The Morgan fingerprint density at radius 3 is 2.50 bits per heavy atom. The van der Waals surface area contributed by atoms with E-state index in [4.69, 9.17) is 0 Å². The van der Waals surface area contributed by atoms with Crippen molar-refractivity contribution in [2.45, 2.75) is 52.6 Å². The molecule has 1 fully saturated rings. The molecule has 2 aliphatic rings. The SMILES string of the molecule is Cc1c(C2CCN(C(=O)c3n[nH]c4c3CN(C(=O)C(C)C)C4)CC2)ccc(F)c1F. The lowest BCUT2D eigenvalue weighted by Crippen LogP contribution is -2.38. The number of aromatic amines is 1. The van der Waals surface area contributed by atoms with E-state index in [1.165, 1.54) is 6.07 Å². The van der Waals surface area contributed by atoms with Crippen LogP contribution in [-0.4, -0.2) is 44.9 Å². The van der Waals surface area contributed by atoms with E-state index < -0.39 is 11.6 Å². The van der Waals surface area contributed by atoms with Crippen molar-refractivity contribution in [3.8, 4) is 0 Å². The number of amides is 2. The number of nitrogens with one attached hydrogen (secondary N) is 1. The van der Waals surface area contributed by atoms with Gasteiger partial charge in [-0.05, 0) is 42.9 Å². The zero-order valence-corrected chi connectivity index (χ0v) is 17.5. The van der Waals surface area contributed by atoms with E-state index in [0.29, 0.717) is 50.3 Å². The summed E-state index contributed by atoms with van der Waals surface area (Å²) in [6, 6.07) is 2.82. The highest BCUT2D eigenvalue weighted by Crippen LogP contribution is 2.33. The molecule has 2 aromatic rings. The molecule has 160 valence electrons. The number of nitrogens with zero attached hydrogens (tertiary/aromatic N) is 3. The van der Waals surface area contributed by atoms with Crippen molar-refractivity contribution in [2.75, 3.05) is 13.1 Å². The second-order valence-corrected chi connectivity index (χ2v) is 8.52. The van der Waals surface area contributed by atoms with E-state index in [1.54, 1.807) is 22.8 Å². The zero-order valence-electron chi connectivity index (χ0n) is 17.5. The van der Waals surface area contributed by atoms with E-state index >= 15 is 0 Å². The number of piperidine rings is 1. The fraction of sp³-hybridized carbons (Fsp3) is 0.500. The van der Waals surface area contributed by atoms with E-state index in [1.807, 2.05) is 13.8 Å². The van der Waals surface area contributed by atoms with E-state index in [0.717, 1.165) is 16.8 Å². The van der Waals surface area contributed by atoms with Gasteiger partial charge in [-0.2, -0.15) is 5.10 Å². The minimum absolute atomic E-state index is 0.0562. The van der Waals surface area contributed by atoms with Crippen molar-refractivity contribution >= 4 is 11.8 Å². The summed E-state index contributed by atoms with van der Waals surface area (Å²) in [6.07, 6.45) is 1.37. The Kier molecular flexibility index (Phi) is 5.34. The van der Waals surface area contributed by atoms with Gasteiger partial charge in [0.25, 0.3) is 5.91 Å². The largest absolute Gasteiger partial charge is 0.337 e. The molecule has 1 aromatic carbocycles. The number of benzene rings is 1. The third-order valence-electron chi connectivity index (χ3n) is 6.26. The van der Waals surface area contributed by atoms with Gasteiger partial charge in [0.05, 0.1) is 18.8 Å². The Balaban J connectivity index is 1.43. The van der Waals surface area contributed by atoms with Gasteiger partial charge in [0.1, 0.15) is 0 Å². The van der Waals surface area contributed by atoms with Crippen molar-refractivity contribution in [3.63, 3.8) is 0 Å². The zero-order chi connectivity index (χ0) is 21.6. The van der Waals surface area contributed by atoms with E-state index in [-0.39, 0.29) is 23.7 Å². The number of likely N-dealkylation sites (tertiary alicyclic amines) is 1. The number of carbonyl (C=O) groups is 2. The van der Waals surface area contributed by atoms with Crippen LogP contribution in [0.3, 0.4) is 0 Å². The number of aromatic nitrogens is 2. The molecule has 0 unspecified atom stereocenters. The maximum Gasteiger partial charge on any atom is 0.274 e. The van der Waals surface area contributed by atoms with Crippen LogP contribution >= 0.6 is 0 Å². The molecular weight excluding hydrogens is 390 g/mol. The summed E-state index contributed by atoms with van der Waals surface area (Å²) >= 11 is 0. The Morgan fingerprint density at radius 2 is 1.83 bits per heavy atom. The molecule has 2 amide bonds. The molecule has 8 heteroatoms. The molecule has 3 heterocycles. The quantitative estimate of drug-likeness (QED) is 0.833. The Bertz CT molecular complexity index is 993. The molecule has 0 radical (unpaired) electrons. The minimum Gasteiger partial charge on any atom is -0.337 e. The van der Waals surface area contributed by atoms with Gasteiger partial charge in [-0.1, -0.05) is 19.9 Å². The normalized spacial score (nSPS) is 17.0. The molecule has 0 spiro atoms. The summed E-state index contributed by atoms with van der Waals surface area (Å²) < 4.78 is 27.3. The third kappa shape index (κ3) is 3.48. The Morgan fingerprint density at radius 1 is 1.13 bits per heavy atom. The second-order valence-electron chi connectivity index (χ2n) is 8.52. The smallest absolute Gasteiger partial charge is 0.274 e. The first-order valence-corrected chi connectivity index (χ1v) is 10.4. The van der Waals surface area contributed by atoms with Crippen LogP contribution < -0.4 is 0 Å². The number of rotatable bonds is 3. The monoisotopic (exact) mass is 416 g/mol. The van der Waals surface area contributed by atoms with Crippen molar-refractivity contribution in [1.29, 1.82) is 0 Å². The second kappa shape index (κ2) is 7.81. The van der Waals surface area contributed by atoms with Gasteiger partial charge in [0.15, 0.2) is 17.3 Å². The molecule has 1 saturated heterocycles. The minimum atomic E-state index is -0.832. The number of carbonyl (C=O) groups excluding carboxylic acids is 2. The first kappa shape index (κ1) is 20.5. The van der Waals surface area contributed by atoms with Gasteiger partial charge in [-0.3, -0.25) is 14.7 Å². The fourth-order valence-corrected chi connectivity index (χ4v) is 4.49. The molecule has 1 aromatic heterocycles. The van der Waals surface area contributed by atoms with Crippen LogP contribution in [0, 0.1) is 24.5 Å². The molecule has 6 nitrogen and oxygen atoms in total. The Labute approximate surface area is 174 Å². The standard InChI is InChI=1S/C22H26F2N4O2/c1-12(2)21(29)28-10-16-18(11-28)25-26-20(16)22(30)27-8-6-14(7-9-27)15-4-5-17(23)19(24)13(15)3/h4-5,12,14H,6-11H2,1-3H3,(H,25,26). The molecule has 0 saturated carbocycles. The maximum atomic E-state index is 13.9. The lowest BCUT2D eigenvalue weighted by atomic mass is 9.86. The predicted octanol–water partition coefficient (Wildman–Crippen LogP) is 3.51. The van der Waals surface area contributed by atoms with E-state index in [9.17, 15) is 18.4 Å². The summed E-state index contributed by atoms with van der Waals surface area (Å²) in [4.78, 5) is 28.9. The van der Waals surface area contributed by atoms with Crippen LogP contribution in [0.4, 0.5) is 8.78 Å². The summed E-state index contributed by atoms with van der Waals surface area (Å²) in [6.45, 7) is 7.22. The van der Waals surface area contributed by atoms with Gasteiger partial charge >= 0.3 is 0 Å². The highest BCUT2D eigenvalue weighted by atomic mass is 19.2. The molecule has 0 bridgehead atoms. The van der Waals surface area contributed by atoms with Crippen molar-refractivity contribution in [2.24, 2.45) is 5.92 Å². The third-order valence-corrected chi connectivity index (χ3v) is 6.26. The summed E-state index contributed by atoms with van der Waals surface area (Å²) in [7, 11) is 0.